The molecule has 1 saturated heterocycles. The molecule has 0 radical (unpaired) electrons. The van der Waals surface area contributed by atoms with Crippen LogP contribution < -0.4 is 0 Å². The third-order valence-corrected chi connectivity index (χ3v) is 2.27. The SMILES string of the molecule is CN1CCN(C(=O)[C@@H](O)CO)CC1. The first kappa shape index (κ1) is 10.4. The first-order chi connectivity index (χ1) is 6.15. The lowest BCUT2D eigenvalue weighted by molar-refractivity contribution is -0.143. The number of hydrogen-bond acceptors (Lipinski definition) is 4. The fraction of sp³-hybridized carbons (Fsp3) is 0.875. The predicted molar refractivity (Wildman–Crippen MR) is 47.2 cm³/mol. The van der Waals surface area contributed by atoms with Crippen LogP contribution in [-0.4, -0.2) is 71.9 Å². The summed E-state index contributed by atoms with van der Waals surface area (Å²) in [5.74, 6) is -0.365. The van der Waals surface area contributed by atoms with E-state index in [2.05, 4.69) is 4.90 Å². The van der Waals surface area contributed by atoms with E-state index in [0.29, 0.717) is 13.1 Å². The van der Waals surface area contributed by atoms with Gasteiger partial charge in [0.05, 0.1) is 6.61 Å². The molecule has 0 saturated carbocycles. The molecule has 0 aromatic carbocycles. The molecule has 1 aliphatic heterocycles. The van der Waals surface area contributed by atoms with Crippen molar-refractivity contribution < 1.29 is 15.0 Å². The Labute approximate surface area is 77.6 Å². The highest BCUT2D eigenvalue weighted by Gasteiger charge is 2.23. The van der Waals surface area contributed by atoms with Gasteiger partial charge in [-0.2, -0.15) is 0 Å². The van der Waals surface area contributed by atoms with Crippen LogP contribution in [0, 0.1) is 0 Å². The van der Waals surface area contributed by atoms with Gasteiger partial charge in [-0.25, -0.2) is 0 Å². The summed E-state index contributed by atoms with van der Waals surface area (Å²) < 4.78 is 0. The van der Waals surface area contributed by atoms with Gasteiger partial charge in [0.15, 0.2) is 6.10 Å². The Morgan fingerprint density at radius 2 is 1.92 bits per heavy atom. The van der Waals surface area contributed by atoms with E-state index in [-0.39, 0.29) is 5.91 Å². The Hall–Kier alpha value is -0.650. The van der Waals surface area contributed by atoms with Gasteiger partial charge in [0.2, 0.25) is 0 Å². The van der Waals surface area contributed by atoms with Crippen molar-refractivity contribution in [2.75, 3.05) is 39.8 Å². The Bertz CT molecular complexity index is 178. The Balaban J connectivity index is 2.40. The molecule has 1 heterocycles. The molecule has 0 aromatic rings. The highest BCUT2D eigenvalue weighted by atomic mass is 16.3. The van der Waals surface area contributed by atoms with Crippen LogP contribution in [-0.2, 0) is 4.79 Å². The minimum atomic E-state index is -1.25. The molecule has 1 aliphatic rings. The van der Waals surface area contributed by atoms with E-state index in [0.717, 1.165) is 13.1 Å². The number of piperazine rings is 1. The number of carbonyl (C=O) groups is 1. The van der Waals surface area contributed by atoms with E-state index in [9.17, 15) is 4.79 Å². The maximum atomic E-state index is 11.3. The summed E-state index contributed by atoms with van der Waals surface area (Å²) in [6, 6.07) is 0. The number of hydrogen-bond donors (Lipinski definition) is 2. The van der Waals surface area contributed by atoms with Gasteiger partial charge in [-0.1, -0.05) is 0 Å². The Morgan fingerprint density at radius 1 is 1.38 bits per heavy atom. The number of amides is 1. The molecular formula is C8H16N2O3. The molecule has 1 rings (SSSR count). The lowest BCUT2D eigenvalue weighted by Crippen LogP contribution is -2.50. The molecule has 0 bridgehead atoms. The van der Waals surface area contributed by atoms with Gasteiger partial charge in [-0.05, 0) is 7.05 Å². The van der Waals surface area contributed by atoms with Crippen molar-refractivity contribution in [3.05, 3.63) is 0 Å². The molecule has 5 nitrogen and oxygen atoms in total. The normalized spacial score (nSPS) is 21.6. The Morgan fingerprint density at radius 3 is 2.38 bits per heavy atom. The van der Waals surface area contributed by atoms with Crippen LogP contribution in [0.25, 0.3) is 0 Å². The van der Waals surface area contributed by atoms with Crippen LogP contribution in [0.15, 0.2) is 0 Å². The molecule has 1 fully saturated rings. The standard InChI is InChI=1S/C8H16N2O3/c1-9-2-4-10(5-3-9)8(13)7(12)6-11/h7,11-12H,2-6H2,1H3/t7-/m0/s1. The van der Waals surface area contributed by atoms with Gasteiger partial charge < -0.3 is 20.0 Å². The number of nitrogens with zero attached hydrogens (tertiary/aromatic N) is 2. The van der Waals surface area contributed by atoms with Gasteiger partial charge in [0.25, 0.3) is 5.91 Å². The fourth-order valence-electron chi connectivity index (χ4n) is 1.32. The van der Waals surface area contributed by atoms with Crippen LogP contribution in [0.3, 0.4) is 0 Å². The molecule has 0 aliphatic carbocycles. The summed E-state index contributed by atoms with van der Waals surface area (Å²) in [5.41, 5.74) is 0. The lowest BCUT2D eigenvalue weighted by Gasteiger charge is -2.33. The van der Waals surface area contributed by atoms with Crippen LogP contribution in [0.5, 0.6) is 0 Å². The van der Waals surface area contributed by atoms with Crippen molar-refractivity contribution in [1.82, 2.24) is 9.80 Å². The van der Waals surface area contributed by atoms with Crippen LogP contribution >= 0.6 is 0 Å². The number of aliphatic hydroxyl groups is 2. The average molecular weight is 188 g/mol. The molecular weight excluding hydrogens is 172 g/mol. The van der Waals surface area contributed by atoms with E-state index in [1.54, 1.807) is 4.90 Å². The van der Waals surface area contributed by atoms with Gasteiger partial charge in [-0.3, -0.25) is 4.79 Å². The minimum Gasteiger partial charge on any atom is -0.393 e. The van der Waals surface area contributed by atoms with E-state index in [4.69, 9.17) is 10.2 Å². The summed E-state index contributed by atoms with van der Waals surface area (Å²) in [6.45, 7) is 2.41. The Kier molecular flexibility index (Phi) is 3.65. The third kappa shape index (κ3) is 2.65. The van der Waals surface area contributed by atoms with E-state index in [1.807, 2.05) is 7.05 Å². The van der Waals surface area contributed by atoms with Gasteiger partial charge in [0, 0.05) is 26.2 Å². The minimum absolute atomic E-state index is 0.365. The predicted octanol–water partition coefficient (Wildman–Crippen LogP) is -1.89. The second-order valence-corrected chi connectivity index (χ2v) is 3.33. The second kappa shape index (κ2) is 4.55. The van der Waals surface area contributed by atoms with Crippen molar-refractivity contribution in [3.8, 4) is 0 Å². The van der Waals surface area contributed by atoms with E-state index in [1.165, 1.54) is 0 Å². The molecule has 1 atom stereocenters. The quantitative estimate of drug-likeness (QED) is 0.532. The summed E-state index contributed by atoms with van der Waals surface area (Å²) in [6.07, 6.45) is -1.25. The smallest absolute Gasteiger partial charge is 0.253 e. The van der Waals surface area contributed by atoms with Crippen molar-refractivity contribution >= 4 is 5.91 Å². The zero-order chi connectivity index (χ0) is 9.84. The summed E-state index contributed by atoms with van der Waals surface area (Å²) >= 11 is 0. The molecule has 5 heteroatoms. The molecule has 76 valence electrons. The van der Waals surface area contributed by atoms with Crippen molar-refractivity contribution in [2.24, 2.45) is 0 Å². The van der Waals surface area contributed by atoms with Crippen molar-refractivity contribution in [2.45, 2.75) is 6.10 Å². The largest absolute Gasteiger partial charge is 0.393 e. The van der Waals surface area contributed by atoms with Gasteiger partial charge in [0.1, 0.15) is 0 Å². The molecule has 2 N–H and O–H groups in total. The van der Waals surface area contributed by atoms with Crippen LogP contribution in [0.4, 0.5) is 0 Å². The van der Waals surface area contributed by atoms with Crippen LogP contribution in [0.1, 0.15) is 0 Å². The summed E-state index contributed by atoms with van der Waals surface area (Å²) in [7, 11) is 1.99. The van der Waals surface area contributed by atoms with Gasteiger partial charge in [-0.15, -0.1) is 0 Å². The van der Waals surface area contributed by atoms with Crippen molar-refractivity contribution in [3.63, 3.8) is 0 Å². The molecule has 0 unspecified atom stereocenters. The third-order valence-electron chi connectivity index (χ3n) is 2.27. The zero-order valence-corrected chi connectivity index (χ0v) is 7.81. The van der Waals surface area contributed by atoms with Crippen LogP contribution in [0.2, 0.25) is 0 Å². The number of aliphatic hydroxyl groups excluding tert-OH is 2. The first-order valence-corrected chi connectivity index (χ1v) is 4.41. The molecule has 0 spiro atoms. The monoisotopic (exact) mass is 188 g/mol. The number of likely N-dealkylation sites (N-methyl/N-ethyl adjacent to an activating group) is 1. The lowest BCUT2D eigenvalue weighted by atomic mass is 10.2. The zero-order valence-electron chi connectivity index (χ0n) is 7.81. The molecule has 13 heavy (non-hydrogen) atoms. The number of carbonyl (C=O) groups excluding carboxylic acids is 1. The molecule has 1 amide bonds. The van der Waals surface area contributed by atoms with E-state index < -0.39 is 12.7 Å². The fourth-order valence-corrected chi connectivity index (χ4v) is 1.32. The van der Waals surface area contributed by atoms with Gasteiger partial charge >= 0.3 is 0 Å². The summed E-state index contributed by atoms with van der Waals surface area (Å²) in [4.78, 5) is 15.0. The number of rotatable bonds is 2. The highest BCUT2D eigenvalue weighted by Crippen LogP contribution is 2.01. The molecule has 0 aromatic heterocycles. The maximum absolute atomic E-state index is 11.3. The maximum Gasteiger partial charge on any atom is 0.253 e. The second-order valence-electron chi connectivity index (χ2n) is 3.33. The first-order valence-electron chi connectivity index (χ1n) is 4.41. The summed E-state index contributed by atoms with van der Waals surface area (Å²) in [5, 5.41) is 17.7. The van der Waals surface area contributed by atoms with Crippen molar-refractivity contribution in [1.29, 1.82) is 0 Å². The average Bonchev–Trinajstić information content (AvgIpc) is 2.17. The topological polar surface area (TPSA) is 64.0 Å². The highest BCUT2D eigenvalue weighted by molar-refractivity contribution is 5.80. The van der Waals surface area contributed by atoms with E-state index >= 15 is 0 Å².